The fraction of sp³-hybridized carbons (Fsp3) is 0.0769. The Balaban J connectivity index is 2.48. The van der Waals surface area contributed by atoms with E-state index < -0.39 is 6.04 Å². The van der Waals surface area contributed by atoms with E-state index in [0.717, 1.165) is 5.56 Å². The molecule has 17 heavy (non-hydrogen) atoms. The molecule has 0 aliphatic rings. The van der Waals surface area contributed by atoms with E-state index in [1.165, 1.54) is 6.07 Å². The molecule has 3 nitrogen and oxygen atoms in total. The maximum Gasteiger partial charge on any atom is 0.128 e. The van der Waals surface area contributed by atoms with Gasteiger partial charge in [0.25, 0.3) is 0 Å². The summed E-state index contributed by atoms with van der Waals surface area (Å²) in [5.41, 5.74) is 10.3. The summed E-state index contributed by atoms with van der Waals surface area (Å²) in [4.78, 5) is 0. The predicted octanol–water partition coefficient (Wildman–Crippen LogP) is 1.96. The minimum atomic E-state index is -0.447. The highest BCUT2D eigenvalue weighted by Gasteiger charge is 2.17. The van der Waals surface area contributed by atoms with Gasteiger partial charge in [0.1, 0.15) is 5.82 Å². The second-order valence-electron chi connectivity index (χ2n) is 3.75. The molecule has 88 valence electrons. The molecule has 2 aromatic carbocycles. The number of nitrogens with one attached hydrogen (secondary N) is 1. The Morgan fingerprint density at radius 3 is 2.12 bits per heavy atom. The molecular formula is C13H14FN3. The van der Waals surface area contributed by atoms with Gasteiger partial charge >= 0.3 is 0 Å². The molecule has 0 radical (unpaired) electrons. The van der Waals surface area contributed by atoms with Gasteiger partial charge in [-0.2, -0.15) is 0 Å². The lowest BCUT2D eigenvalue weighted by Gasteiger charge is -2.19. The van der Waals surface area contributed by atoms with E-state index in [-0.39, 0.29) is 5.82 Å². The van der Waals surface area contributed by atoms with Crippen molar-refractivity contribution in [2.24, 2.45) is 5.84 Å². The molecule has 2 rings (SSSR count). The summed E-state index contributed by atoms with van der Waals surface area (Å²) in [6.07, 6.45) is 0. The number of para-hydroxylation sites is 1. The lowest BCUT2D eigenvalue weighted by Crippen LogP contribution is -2.30. The van der Waals surface area contributed by atoms with Gasteiger partial charge in [0.05, 0.1) is 6.04 Å². The maximum absolute atomic E-state index is 13.7. The van der Waals surface area contributed by atoms with Gasteiger partial charge in [-0.25, -0.2) is 9.82 Å². The van der Waals surface area contributed by atoms with E-state index in [1.807, 2.05) is 18.2 Å². The van der Waals surface area contributed by atoms with Gasteiger partial charge in [-0.05, 0) is 17.7 Å². The van der Waals surface area contributed by atoms with E-state index in [1.54, 1.807) is 24.3 Å². The molecule has 1 unspecified atom stereocenters. The van der Waals surface area contributed by atoms with Crippen LogP contribution < -0.4 is 17.0 Å². The van der Waals surface area contributed by atoms with Gasteiger partial charge in [-0.3, -0.25) is 5.84 Å². The van der Waals surface area contributed by atoms with Crippen LogP contribution in [0.5, 0.6) is 0 Å². The summed E-state index contributed by atoms with van der Waals surface area (Å²) < 4.78 is 13.7. The first-order valence-electron chi connectivity index (χ1n) is 5.29. The third kappa shape index (κ3) is 2.27. The number of benzene rings is 2. The summed E-state index contributed by atoms with van der Waals surface area (Å²) in [5, 5.41) is 0. The Morgan fingerprint density at radius 1 is 0.941 bits per heavy atom. The Morgan fingerprint density at radius 2 is 1.53 bits per heavy atom. The summed E-state index contributed by atoms with van der Waals surface area (Å²) in [7, 11) is 0. The van der Waals surface area contributed by atoms with Crippen LogP contribution in [0.2, 0.25) is 0 Å². The summed E-state index contributed by atoms with van der Waals surface area (Å²) in [5.74, 6) is 5.20. The molecule has 0 aliphatic heterocycles. The average Bonchev–Trinajstić information content (AvgIpc) is 2.34. The molecule has 0 saturated carbocycles. The first kappa shape index (κ1) is 11.6. The fourth-order valence-corrected chi connectivity index (χ4v) is 1.83. The smallest absolute Gasteiger partial charge is 0.128 e. The quantitative estimate of drug-likeness (QED) is 0.430. The van der Waals surface area contributed by atoms with Crippen molar-refractivity contribution in [3.63, 3.8) is 0 Å². The van der Waals surface area contributed by atoms with Crippen molar-refractivity contribution in [2.45, 2.75) is 6.04 Å². The van der Waals surface area contributed by atoms with E-state index in [9.17, 15) is 4.39 Å². The van der Waals surface area contributed by atoms with Crippen molar-refractivity contribution in [2.75, 3.05) is 5.73 Å². The minimum absolute atomic E-state index is 0.307. The third-order valence-electron chi connectivity index (χ3n) is 2.69. The van der Waals surface area contributed by atoms with Gasteiger partial charge in [0.15, 0.2) is 0 Å². The molecule has 0 heterocycles. The minimum Gasteiger partial charge on any atom is -0.398 e. The van der Waals surface area contributed by atoms with Gasteiger partial charge in [-0.1, -0.05) is 36.4 Å². The summed E-state index contributed by atoms with van der Waals surface area (Å²) in [6, 6.07) is 13.3. The monoisotopic (exact) mass is 231 g/mol. The SMILES string of the molecule is NNC(c1ccccc1N)c1ccccc1F. The number of hydrazine groups is 1. The molecule has 0 amide bonds. The van der Waals surface area contributed by atoms with Crippen LogP contribution in [0, 0.1) is 5.82 Å². The van der Waals surface area contributed by atoms with Crippen molar-refractivity contribution < 1.29 is 4.39 Å². The standard InChI is InChI=1S/C13H14FN3/c14-11-7-3-1-5-9(11)13(17-16)10-6-2-4-8-12(10)15/h1-8,13,17H,15-16H2. The van der Waals surface area contributed by atoms with Crippen LogP contribution >= 0.6 is 0 Å². The molecule has 0 spiro atoms. The molecule has 2 aromatic rings. The summed E-state index contributed by atoms with van der Waals surface area (Å²) >= 11 is 0. The molecule has 1 atom stereocenters. The van der Waals surface area contributed by atoms with Crippen molar-refractivity contribution in [3.8, 4) is 0 Å². The number of hydrogen-bond acceptors (Lipinski definition) is 3. The van der Waals surface area contributed by atoms with Gasteiger partial charge in [-0.15, -0.1) is 0 Å². The Hall–Kier alpha value is -1.91. The average molecular weight is 231 g/mol. The Labute approximate surface area is 99.2 Å². The Kier molecular flexibility index (Phi) is 3.37. The molecular weight excluding hydrogens is 217 g/mol. The van der Waals surface area contributed by atoms with Crippen LogP contribution in [0.15, 0.2) is 48.5 Å². The second kappa shape index (κ2) is 4.95. The van der Waals surface area contributed by atoms with Crippen molar-refractivity contribution in [1.29, 1.82) is 0 Å². The lowest BCUT2D eigenvalue weighted by atomic mass is 9.97. The van der Waals surface area contributed by atoms with Crippen LogP contribution in [0.4, 0.5) is 10.1 Å². The number of nitrogens with two attached hydrogens (primary N) is 2. The zero-order valence-electron chi connectivity index (χ0n) is 9.23. The van der Waals surface area contributed by atoms with Crippen LogP contribution in [-0.4, -0.2) is 0 Å². The molecule has 0 bridgehead atoms. The van der Waals surface area contributed by atoms with E-state index in [0.29, 0.717) is 11.3 Å². The molecule has 0 fully saturated rings. The van der Waals surface area contributed by atoms with E-state index in [4.69, 9.17) is 11.6 Å². The van der Waals surface area contributed by atoms with Crippen LogP contribution in [0.1, 0.15) is 17.2 Å². The largest absolute Gasteiger partial charge is 0.398 e. The molecule has 0 saturated heterocycles. The maximum atomic E-state index is 13.7. The highest BCUT2D eigenvalue weighted by molar-refractivity contribution is 5.51. The second-order valence-corrected chi connectivity index (χ2v) is 3.75. The molecule has 4 heteroatoms. The fourth-order valence-electron chi connectivity index (χ4n) is 1.83. The first-order chi connectivity index (χ1) is 8.24. The van der Waals surface area contributed by atoms with Crippen LogP contribution in [0.3, 0.4) is 0 Å². The van der Waals surface area contributed by atoms with Crippen molar-refractivity contribution >= 4 is 5.69 Å². The van der Waals surface area contributed by atoms with E-state index >= 15 is 0 Å². The molecule has 5 N–H and O–H groups in total. The highest BCUT2D eigenvalue weighted by Crippen LogP contribution is 2.27. The normalized spacial score (nSPS) is 12.4. The van der Waals surface area contributed by atoms with Crippen LogP contribution in [-0.2, 0) is 0 Å². The predicted molar refractivity (Wildman–Crippen MR) is 66.4 cm³/mol. The number of halogens is 1. The zero-order chi connectivity index (χ0) is 12.3. The number of nitrogen functional groups attached to an aromatic ring is 1. The first-order valence-corrected chi connectivity index (χ1v) is 5.29. The zero-order valence-corrected chi connectivity index (χ0v) is 9.23. The number of anilines is 1. The van der Waals surface area contributed by atoms with Gasteiger partial charge in [0.2, 0.25) is 0 Å². The van der Waals surface area contributed by atoms with Gasteiger partial charge in [0, 0.05) is 11.3 Å². The molecule has 0 aliphatic carbocycles. The summed E-state index contributed by atoms with van der Waals surface area (Å²) in [6.45, 7) is 0. The van der Waals surface area contributed by atoms with Gasteiger partial charge < -0.3 is 5.73 Å². The number of rotatable bonds is 3. The highest BCUT2D eigenvalue weighted by atomic mass is 19.1. The lowest BCUT2D eigenvalue weighted by molar-refractivity contribution is 0.561. The topological polar surface area (TPSA) is 64.1 Å². The number of hydrogen-bond donors (Lipinski definition) is 3. The van der Waals surface area contributed by atoms with Crippen LogP contribution in [0.25, 0.3) is 0 Å². The third-order valence-corrected chi connectivity index (χ3v) is 2.69. The molecule has 0 aromatic heterocycles. The van der Waals surface area contributed by atoms with Crippen molar-refractivity contribution in [1.82, 2.24) is 5.43 Å². The van der Waals surface area contributed by atoms with E-state index in [2.05, 4.69) is 5.43 Å². The Bertz CT molecular complexity index is 468. The van der Waals surface area contributed by atoms with Crippen molar-refractivity contribution in [3.05, 3.63) is 65.5 Å².